The van der Waals surface area contributed by atoms with E-state index < -0.39 is 11.6 Å². The van der Waals surface area contributed by atoms with Gasteiger partial charge >= 0.3 is 0 Å². The predicted octanol–water partition coefficient (Wildman–Crippen LogP) is 4.21. The first-order valence-corrected chi connectivity index (χ1v) is 8.49. The van der Waals surface area contributed by atoms with E-state index in [0.717, 1.165) is 22.6 Å². The molecule has 0 unspecified atom stereocenters. The van der Waals surface area contributed by atoms with Crippen LogP contribution in [0.2, 0.25) is 0 Å². The predicted molar refractivity (Wildman–Crippen MR) is 97.6 cm³/mol. The third-order valence-electron chi connectivity index (χ3n) is 4.49. The molecule has 3 aromatic heterocycles. The van der Waals surface area contributed by atoms with Gasteiger partial charge in [0.1, 0.15) is 18.2 Å². The molecule has 0 saturated heterocycles. The van der Waals surface area contributed by atoms with Crippen LogP contribution >= 0.6 is 0 Å². The van der Waals surface area contributed by atoms with Crippen molar-refractivity contribution < 1.29 is 13.5 Å². The summed E-state index contributed by atoms with van der Waals surface area (Å²) in [5, 5.41) is 4.39. The Hall–Kier alpha value is -3.22. The van der Waals surface area contributed by atoms with Gasteiger partial charge in [-0.15, -0.1) is 0 Å². The van der Waals surface area contributed by atoms with Gasteiger partial charge < -0.3 is 4.74 Å². The lowest BCUT2D eigenvalue weighted by Gasteiger charge is -2.09. The molecule has 0 N–H and O–H groups in total. The number of benzene rings is 1. The summed E-state index contributed by atoms with van der Waals surface area (Å²) in [6.45, 7) is 3.63. The van der Waals surface area contributed by atoms with Crippen LogP contribution in [0.5, 0.6) is 5.75 Å². The summed E-state index contributed by atoms with van der Waals surface area (Å²) in [6, 6.07) is 7.31. The van der Waals surface area contributed by atoms with Gasteiger partial charge in [-0.3, -0.25) is 9.08 Å². The first-order valence-electron chi connectivity index (χ1n) is 8.49. The van der Waals surface area contributed by atoms with Gasteiger partial charge in [0.05, 0.1) is 22.6 Å². The van der Waals surface area contributed by atoms with Gasteiger partial charge in [0.25, 0.3) is 0 Å². The van der Waals surface area contributed by atoms with Crippen LogP contribution in [-0.4, -0.2) is 19.2 Å². The number of aromatic nitrogens is 4. The van der Waals surface area contributed by atoms with Crippen LogP contribution in [0.15, 0.2) is 42.7 Å². The minimum Gasteiger partial charge on any atom is -0.485 e. The highest BCUT2D eigenvalue weighted by Crippen LogP contribution is 2.31. The summed E-state index contributed by atoms with van der Waals surface area (Å²) >= 11 is 0. The number of imidazole rings is 1. The van der Waals surface area contributed by atoms with E-state index in [1.54, 1.807) is 10.7 Å². The van der Waals surface area contributed by atoms with E-state index in [-0.39, 0.29) is 12.2 Å². The Morgan fingerprint density at radius 1 is 1.04 bits per heavy atom. The van der Waals surface area contributed by atoms with Crippen LogP contribution in [0.25, 0.3) is 16.9 Å². The Bertz CT molecular complexity index is 1130. The van der Waals surface area contributed by atoms with Gasteiger partial charge in [-0.05, 0) is 38.1 Å². The molecular formula is C20H18F2N4O. The number of ether oxygens (including phenoxy) is 1. The zero-order valence-electron chi connectivity index (χ0n) is 15.2. The van der Waals surface area contributed by atoms with Gasteiger partial charge in [0.15, 0.2) is 11.4 Å². The number of rotatable bonds is 4. The van der Waals surface area contributed by atoms with Crippen molar-refractivity contribution in [2.75, 3.05) is 0 Å². The third kappa shape index (κ3) is 2.95. The molecule has 0 aliphatic carbocycles. The number of nitrogens with zero attached hydrogens (tertiary/aromatic N) is 4. The van der Waals surface area contributed by atoms with Crippen LogP contribution in [0.3, 0.4) is 0 Å². The monoisotopic (exact) mass is 368 g/mol. The van der Waals surface area contributed by atoms with Crippen molar-refractivity contribution in [1.82, 2.24) is 19.2 Å². The highest BCUT2D eigenvalue weighted by molar-refractivity contribution is 5.71. The second kappa shape index (κ2) is 6.50. The molecule has 27 heavy (non-hydrogen) atoms. The van der Waals surface area contributed by atoms with Crippen LogP contribution in [0.4, 0.5) is 8.78 Å². The molecule has 7 heteroatoms. The Balaban J connectivity index is 1.75. The maximum atomic E-state index is 13.9. The zero-order valence-corrected chi connectivity index (χ0v) is 15.2. The average Bonchev–Trinajstić information content (AvgIpc) is 3.12. The molecule has 0 radical (unpaired) electrons. The molecule has 0 atom stereocenters. The Morgan fingerprint density at radius 2 is 1.78 bits per heavy atom. The third-order valence-corrected chi connectivity index (χ3v) is 4.49. The van der Waals surface area contributed by atoms with E-state index >= 15 is 0 Å². The lowest BCUT2D eigenvalue weighted by molar-refractivity contribution is 0.294. The maximum Gasteiger partial charge on any atom is 0.180 e. The van der Waals surface area contributed by atoms with Gasteiger partial charge in [-0.1, -0.05) is 6.07 Å². The minimum atomic E-state index is -0.631. The molecule has 138 valence electrons. The van der Waals surface area contributed by atoms with Gasteiger partial charge in [0, 0.05) is 25.0 Å². The smallest absolute Gasteiger partial charge is 0.180 e. The number of hydrogen-bond donors (Lipinski definition) is 0. The summed E-state index contributed by atoms with van der Waals surface area (Å²) in [5.41, 5.74) is 4.08. The molecule has 0 aliphatic rings. The van der Waals surface area contributed by atoms with E-state index in [1.807, 2.05) is 43.8 Å². The van der Waals surface area contributed by atoms with Crippen molar-refractivity contribution in [3.05, 3.63) is 71.3 Å². The fourth-order valence-electron chi connectivity index (χ4n) is 3.25. The molecule has 0 bridgehead atoms. The van der Waals surface area contributed by atoms with Crippen molar-refractivity contribution in [3.8, 4) is 17.0 Å². The minimum absolute atomic E-state index is 0.105. The van der Waals surface area contributed by atoms with Crippen LogP contribution < -0.4 is 4.74 Å². The first kappa shape index (κ1) is 17.2. The second-order valence-corrected chi connectivity index (χ2v) is 6.40. The molecule has 1 aromatic carbocycles. The number of halogens is 2. The second-order valence-electron chi connectivity index (χ2n) is 6.40. The standard InChI is InChI=1S/C20H18F2N4O/c1-12-14(10-25(3)24-12)19-13(2)23-20-18(8-5-9-26(19)20)27-11-15-16(21)6-4-7-17(15)22/h4-10H,11H2,1-3H3. The van der Waals surface area contributed by atoms with E-state index in [0.29, 0.717) is 11.4 Å². The number of aryl methyl sites for hydroxylation is 3. The number of hydrogen-bond acceptors (Lipinski definition) is 3. The maximum absolute atomic E-state index is 13.9. The first-order chi connectivity index (χ1) is 13.0. The fourth-order valence-corrected chi connectivity index (χ4v) is 3.25. The largest absolute Gasteiger partial charge is 0.485 e. The van der Waals surface area contributed by atoms with Gasteiger partial charge in [-0.2, -0.15) is 5.10 Å². The molecule has 0 fully saturated rings. The molecule has 4 aromatic rings. The summed E-state index contributed by atoms with van der Waals surface area (Å²) in [4.78, 5) is 4.61. The van der Waals surface area contributed by atoms with Crippen LogP contribution in [-0.2, 0) is 13.7 Å². The van der Waals surface area contributed by atoms with Crippen LogP contribution in [0, 0.1) is 25.5 Å². The summed E-state index contributed by atoms with van der Waals surface area (Å²) in [5.74, 6) is -0.808. The lowest BCUT2D eigenvalue weighted by atomic mass is 10.1. The van der Waals surface area contributed by atoms with Crippen molar-refractivity contribution in [2.45, 2.75) is 20.5 Å². The Morgan fingerprint density at radius 3 is 2.44 bits per heavy atom. The normalized spacial score (nSPS) is 11.3. The van der Waals surface area contributed by atoms with E-state index in [1.165, 1.54) is 18.2 Å². The highest BCUT2D eigenvalue weighted by Gasteiger charge is 2.18. The van der Waals surface area contributed by atoms with Gasteiger partial charge in [-0.25, -0.2) is 13.8 Å². The zero-order chi connectivity index (χ0) is 19.1. The summed E-state index contributed by atoms with van der Waals surface area (Å²) in [7, 11) is 1.87. The molecule has 0 amide bonds. The molecule has 3 heterocycles. The number of pyridine rings is 1. The average molecular weight is 368 g/mol. The molecule has 0 aliphatic heterocycles. The lowest BCUT2D eigenvalue weighted by Crippen LogP contribution is -2.03. The highest BCUT2D eigenvalue weighted by atomic mass is 19.1. The topological polar surface area (TPSA) is 44.3 Å². The molecule has 0 saturated carbocycles. The SMILES string of the molecule is Cc1nn(C)cc1-c1c(C)nc2c(OCc3c(F)cccc3F)cccn12. The van der Waals surface area contributed by atoms with E-state index in [4.69, 9.17) is 4.74 Å². The van der Waals surface area contributed by atoms with E-state index in [9.17, 15) is 8.78 Å². The van der Waals surface area contributed by atoms with Crippen molar-refractivity contribution in [3.63, 3.8) is 0 Å². The Labute approximate surface area is 154 Å². The van der Waals surface area contributed by atoms with Crippen molar-refractivity contribution in [1.29, 1.82) is 0 Å². The quantitative estimate of drug-likeness (QED) is 0.542. The fraction of sp³-hybridized carbons (Fsp3) is 0.200. The molecular weight excluding hydrogens is 350 g/mol. The Kier molecular flexibility index (Phi) is 4.14. The summed E-state index contributed by atoms with van der Waals surface area (Å²) in [6.07, 6.45) is 3.82. The molecule has 5 nitrogen and oxygen atoms in total. The molecule has 4 rings (SSSR count). The molecule has 0 spiro atoms. The van der Waals surface area contributed by atoms with Gasteiger partial charge in [0.2, 0.25) is 0 Å². The number of fused-ring (bicyclic) bond motifs is 1. The van der Waals surface area contributed by atoms with E-state index in [2.05, 4.69) is 10.1 Å². The summed E-state index contributed by atoms with van der Waals surface area (Å²) < 4.78 is 37.1. The van der Waals surface area contributed by atoms with Crippen LogP contribution in [0.1, 0.15) is 17.0 Å². The van der Waals surface area contributed by atoms with Crippen molar-refractivity contribution in [2.24, 2.45) is 7.05 Å². The van der Waals surface area contributed by atoms with Crippen molar-refractivity contribution >= 4 is 5.65 Å².